The van der Waals surface area contributed by atoms with E-state index in [1.165, 1.54) is 42.6 Å². The van der Waals surface area contributed by atoms with Crippen molar-refractivity contribution in [2.45, 2.75) is 31.7 Å². The van der Waals surface area contributed by atoms with Crippen molar-refractivity contribution in [1.82, 2.24) is 39.6 Å². The molecule has 87 heavy (non-hydrogen) atoms. The summed E-state index contributed by atoms with van der Waals surface area (Å²) in [5.41, 5.74) is 0. The molecule has 0 rings (SSSR count). The lowest BCUT2D eigenvalue weighted by atomic mass is 9.99. The van der Waals surface area contributed by atoms with Gasteiger partial charge in [-0.2, -0.15) is 0 Å². The Labute approximate surface area is 506 Å². The van der Waals surface area contributed by atoms with Crippen LogP contribution in [0, 0.1) is 5.92 Å². The molecule has 0 heterocycles. The summed E-state index contributed by atoms with van der Waals surface area (Å²) in [7, 11) is 0. The van der Waals surface area contributed by atoms with Crippen LogP contribution in [0.5, 0.6) is 0 Å². The van der Waals surface area contributed by atoms with Crippen LogP contribution in [0.1, 0.15) is 25.7 Å². The Morgan fingerprint density at radius 3 is 0.782 bits per heavy atom. The van der Waals surface area contributed by atoms with Gasteiger partial charge in [0.15, 0.2) is 23.0 Å². The first-order valence-corrected chi connectivity index (χ1v) is 25.7. The van der Waals surface area contributed by atoms with E-state index in [2.05, 4.69) is 8.38 Å². The molecule has 42 heteroatoms. The van der Waals surface area contributed by atoms with E-state index in [9.17, 15) is 76.7 Å². The van der Waals surface area contributed by atoms with Crippen molar-refractivity contribution in [3.05, 3.63) is 0 Å². The van der Waals surface area contributed by atoms with Gasteiger partial charge in [-0.05, 0) is 19.4 Å². The number of carbonyl (C=O) groups excluding carboxylic acids is 1. The van der Waals surface area contributed by atoms with E-state index in [0.29, 0.717) is 0 Å². The maximum atomic E-state index is 11.4. The van der Waals surface area contributed by atoms with E-state index >= 15 is 0 Å². The highest BCUT2D eigenvalue weighted by atomic mass is 127. The molecule has 0 aliphatic rings. The summed E-state index contributed by atoms with van der Waals surface area (Å²) in [4.78, 5) is 180. The van der Waals surface area contributed by atoms with Gasteiger partial charge in [-0.25, -0.2) is 4.79 Å². The van der Waals surface area contributed by atoms with Gasteiger partial charge in [-0.1, -0.05) is 0 Å². The Hall–Kier alpha value is -8.11. The van der Waals surface area contributed by atoms with Gasteiger partial charge in [0.2, 0.25) is 0 Å². The minimum Gasteiger partial charge on any atom is -0.481 e. The molecule has 0 amide bonds. The highest BCUT2D eigenvalue weighted by Gasteiger charge is 2.25. The van der Waals surface area contributed by atoms with Crippen LogP contribution in [0.15, 0.2) is 0 Å². The van der Waals surface area contributed by atoms with Gasteiger partial charge in [0, 0.05) is 58.9 Å². The molecule has 0 aliphatic heterocycles. The molecule has 0 spiro atoms. The van der Waals surface area contributed by atoms with Gasteiger partial charge in [0.05, 0.1) is 104 Å². The van der Waals surface area contributed by atoms with Crippen LogP contribution in [-0.2, 0) is 79.8 Å². The lowest BCUT2D eigenvalue weighted by Crippen LogP contribution is -2.45. The van der Waals surface area contributed by atoms with E-state index in [4.69, 9.17) is 81.7 Å². The molecule has 17 N–H and O–H groups in total. The number of aliphatic hydroxyl groups excluding tert-OH is 1. The number of carboxylic acids is 15. The van der Waals surface area contributed by atoms with Crippen molar-refractivity contribution in [2.24, 2.45) is 5.92 Å². The molecule has 2 atom stereocenters. The van der Waals surface area contributed by atoms with Crippen LogP contribution >= 0.6 is 23.0 Å². The maximum Gasteiger partial charge on any atom is 0.329 e. The predicted molar refractivity (Wildman–Crippen MR) is 291 cm³/mol. The van der Waals surface area contributed by atoms with Crippen molar-refractivity contribution in [3.63, 3.8) is 0 Å². The number of nitrogens with one attached hydrogen (secondary N) is 1. The number of carboxylic acid groups (broad SMARTS) is 15. The molecule has 498 valence electrons. The lowest BCUT2D eigenvalue weighted by Gasteiger charge is -2.27. The second-order valence-electron chi connectivity index (χ2n) is 17.8. The number of hydrogen-bond acceptors (Lipinski definition) is 26. The first-order valence-electron chi connectivity index (χ1n) is 24.8. The van der Waals surface area contributed by atoms with Gasteiger partial charge in [-0.15, -0.1) is 0 Å². The van der Waals surface area contributed by atoms with E-state index in [0.717, 1.165) is 14.7 Å². The Morgan fingerprint density at radius 1 is 0.322 bits per heavy atom. The predicted octanol–water partition coefficient (Wildman–Crippen LogP) is -6.65. The molecule has 0 aromatic heterocycles. The summed E-state index contributed by atoms with van der Waals surface area (Å²) in [6, 6.07) is -1.25. The Morgan fingerprint density at radius 2 is 0.563 bits per heavy atom. The zero-order chi connectivity index (χ0) is 67.9. The number of hydrogen-bond donors (Lipinski definition) is 17. The van der Waals surface area contributed by atoms with Gasteiger partial charge in [-0.3, -0.25) is 106 Å². The second-order valence-corrected chi connectivity index (χ2v) is 18.3. The van der Waals surface area contributed by atoms with E-state index < -0.39 is 186 Å². The smallest absolute Gasteiger partial charge is 0.329 e. The average Bonchev–Trinajstić information content (AvgIpc) is 3.52. The third kappa shape index (κ3) is 58.1. The monoisotopic (exact) mass is 1380 g/mol. The van der Waals surface area contributed by atoms with Gasteiger partial charge < -0.3 is 90.1 Å². The number of aliphatic carboxylic acids is 15. The topological polar surface area (TPSA) is 641 Å². The molecule has 0 saturated heterocycles. The minimum atomic E-state index is -1.31. The van der Waals surface area contributed by atoms with Gasteiger partial charge in [0.1, 0.15) is 6.04 Å². The van der Waals surface area contributed by atoms with Gasteiger partial charge in [0.25, 0.3) is 0 Å². The van der Waals surface area contributed by atoms with Gasteiger partial charge >= 0.3 is 95.5 Å². The Balaban J connectivity index is -0.000000535. The quantitative estimate of drug-likeness (QED) is 0.0199. The molecular formula is C45H73IN8O33. The summed E-state index contributed by atoms with van der Waals surface area (Å²) in [5.74, 6) is -19.8. The SMILES string of the molecule is O=C(O)CC(CCCNC(CC(=O)O)C(=O)O)C(=O)O.O=C(O)CN(CCN(CC(=O)O)CC(=O)O)CC(=O)O.O=C(O)CN(CCN(CC(=O)O)CC(=O)O)CCN(CC(=O)O)CC(=O)OI.O=C(O)CN(CCO)CCN(CC(=O)O)CC(=O)O. The molecular weight excluding hydrogens is 1310 g/mol. The van der Waals surface area contributed by atoms with Crippen LogP contribution in [0.4, 0.5) is 0 Å². The van der Waals surface area contributed by atoms with Crippen molar-refractivity contribution in [3.8, 4) is 0 Å². The maximum absolute atomic E-state index is 11.4. The summed E-state index contributed by atoms with van der Waals surface area (Å²) >= 11 is 1.36. The number of rotatable bonds is 49. The molecule has 41 nitrogen and oxygen atoms in total. The first kappa shape index (κ1) is 85.3. The molecule has 0 aromatic carbocycles. The van der Waals surface area contributed by atoms with Crippen molar-refractivity contribution in [2.75, 3.05) is 151 Å². The number of nitrogens with zero attached hydrogens (tertiary/aromatic N) is 7. The van der Waals surface area contributed by atoms with Crippen molar-refractivity contribution in [1.29, 1.82) is 0 Å². The number of halogens is 1. The van der Waals surface area contributed by atoms with Crippen molar-refractivity contribution >= 4 is 119 Å². The summed E-state index contributed by atoms with van der Waals surface area (Å²) in [6.45, 7) is -5.34. The third-order valence-corrected chi connectivity index (χ3v) is 10.8. The molecule has 0 saturated carbocycles. The molecule has 0 aliphatic carbocycles. The normalized spacial score (nSPS) is 11.5. The standard InChI is InChI=1S/C14H22IN3O10.C11H17NO8.C10H16N2O8.C10H18N2O7/c15-28-14(27)9-18(8-13(25)26)4-2-16(5-10(19)20)1-3-17(6-11(21)22)7-12(23)24;13-8(14)4-6(10(17)18)2-1-3-12-7(11(19)20)5-9(15)16;13-7(14)3-11(4-8(15)16)1-2-12(5-9(17)18)6-10(19)20;13-4-3-11(5-8(14)15)1-2-12(6-9(16)17)7-10(18)19/h1-9H2,(H,19,20)(H,21,22)(H,23,24)(H,25,26);6-7,12H,1-5H2,(H,13,14)(H,15,16)(H,17,18)(H,19,20);1-6H2,(H,13,14)(H,15,16)(H,17,18)(H,19,20);13H,1-7H2,(H,14,15)(H,16,17)(H,18,19). The number of carbonyl (C=O) groups is 16. The lowest BCUT2D eigenvalue weighted by molar-refractivity contribution is -0.148. The van der Waals surface area contributed by atoms with Crippen LogP contribution in [0.3, 0.4) is 0 Å². The zero-order valence-corrected chi connectivity index (χ0v) is 48.5. The fraction of sp³-hybridized carbons (Fsp3) is 0.644. The Kier molecular flexibility index (Phi) is 49.1. The fourth-order valence-electron chi connectivity index (χ4n) is 6.76. The number of aliphatic hydroxyl groups is 1. The van der Waals surface area contributed by atoms with Crippen molar-refractivity contribution < 1.29 is 161 Å². The first-order chi connectivity index (χ1) is 40.3. The minimum absolute atomic E-state index is 0.0272. The summed E-state index contributed by atoms with van der Waals surface area (Å²) < 4.78 is 4.46. The Bertz CT molecular complexity index is 2130. The highest BCUT2D eigenvalue weighted by molar-refractivity contribution is 14.1. The van der Waals surface area contributed by atoms with Crippen LogP contribution < -0.4 is 5.32 Å². The molecule has 2 unspecified atom stereocenters. The largest absolute Gasteiger partial charge is 0.481 e. The molecule has 0 radical (unpaired) electrons. The second kappa shape index (κ2) is 50.1. The van der Waals surface area contributed by atoms with E-state index in [1.54, 1.807) is 0 Å². The summed E-state index contributed by atoms with van der Waals surface area (Å²) in [5, 5.41) is 142. The summed E-state index contributed by atoms with van der Waals surface area (Å²) in [6.07, 6.45) is -0.804. The zero-order valence-electron chi connectivity index (χ0n) is 46.4. The molecule has 0 aromatic rings. The molecule has 0 fully saturated rings. The van der Waals surface area contributed by atoms with E-state index in [1.807, 2.05) is 0 Å². The fourth-order valence-corrected chi connectivity index (χ4v) is 6.90. The third-order valence-electron chi connectivity index (χ3n) is 10.3. The molecule has 0 bridgehead atoms. The van der Waals surface area contributed by atoms with Crippen LogP contribution in [0.2, 0.25) is 0 Å². The average molecular weight is 1380 g/mol. The van der Waals surface area contributed by atoms with Crippen LogP contribution in [-0.4, -0.2) is 368 Å². The van der Waals surface area contributed by atoms with E-state index in [-0.39, 0.29) is 98.0 Å². The van der Waals surface area contributed by atoms with Crippen LogP contribution in [0.25, 0.3) is 0 Å². The highest BCUT2D eigenvalue weighted by Crippen LogP contribution is 2.12.